The number of hydrogen-bond donors (Lipinski definition) is 1. The molecule has 0 bridgehead atoms. The van der Waals surface area contributed by atoms with Crippen molar-refractivity contribution >= 4 is 17.0 Å². The Bertz CT molecular complexity index is 1050. The summed E-state index contributed by atoms with van der Waals surface area (Å²) < 4.78 is 18.1. The number of aryl methyl sites for hydroxylation is 2. The largest absolute Gasteiger partial charge is 0.380 e. The molecule has 0 spiro atoms. The second-order valence-corrected chi connectivity index (χ2v) is 7.64. The molecule has 3 aromatic rings. The molecule has 0 aliphatic rings. The van der Waals surface area contributed by atoms with Crippen LogP contribution in [0.4, 0.5) is 5.82 Å². The molecule has 9 heteroatoms. The van der Waals surface area contributed by atoms with Gasteiger partial charge in [-0.3, -0.25) is 9.36 Å². The average Bonchev–Trinajstić information content (AvgIpc) is 3.08. The lowest BCUT2D eigenvalue weighted by molar-refractivity contribution is 0.0870. The van der Waals surface area contributed by atoms with Crippen molar-refractivity contribution in [1.82, 2.24) is 19.7 Å². The minimum atomic E-state index is -0.213. The van der Waals surface area contributed by atoms with Gasteiger partial charge < -0.3 is 19.3 Å². The van der Waals surface area contributed by atoms with E-state index in [1.165, 1.54) is 0 Å². The first-order valence-corrected chi connectivity index (χ1v) is 10.7. The van der Waals surface area contributed by atoms with Crippen molar-refractivity contribution in [3.05, 3.63) is 34.1 Å². The van der Waals surface area contributed by atoms with Crippen molar-refractivity contribution in [2.45, 2.75) is 53.7 Å². The summed E-state index contributed by atoms with van der Waals surface area (Å²) in [7, 11) is 0. The zero-order valence-corrected chi connectivity index (χ0v) is 18.9. The van der Waals surface area contributed by atoms with Crippen LogP contribution in [0.2, 0.25) is 0 Å². The monoisotopic (exact) mass is 429 g/mol. The average molecular weight is 430 g/mol. The number of fused-ring (bicyclic) bond motifs is 1. The Morgan fingerprint density at radius 3 is 2.71 bits per heavy atom. The normalized spacial score (nSPS) is 11.5. The summed E-state index contributed by atoms with van der Waals surface area (Å²) in [6, 6.07) is 1.91. The van der Waals surface area contributed by atoms with Gasteiger partial charge in [0.05, 0.1) is 30.5 Å². The minimum absolute atomic E-state index is 0.128. The first-order valence-electron chi connectivity index (χ1n) is 10.7. The number of aromatic nitrogens is 4. The van der Waals surface area contributed by atoms with Gasteiger partial charge in [0.15, 0.2) is 11.5 Å². The van der Waals surface area contributed by atoms with Crippen molar-refractivity contribution < 1.29 is 14.0 Å². The maximum atomic E-state index is 13.2. The molecule has 0 aliphatic carbocycles. The van der Waals surface area contributed by atoms with E-state index in [1.807, 2.05) is 33.8 Å². The van der Waals surface area contributed by atoms with Crippen molar-refractivity contribution in [3.63, 3.8) is 0 Å². The topological polar surface area (TPSA) is 104 Å². The van der Waals surface area contributed by atoms with Crippen LogP contribution in [0.5, 0.6) is 0 Å². The third-order valence-corrected chi connectivity index (χ3v) is 4.78. The smallest absolute Gasteiger partial charge is 0.293 e. The van der Waals surface area contributed by atoms with E-state index in [1.54, 1.807) is 10.8 Å². The number of nitrogens with one attached hydrogen (secondary N) is 1. The molecule has 0 aliphatic heterocycles. The molecule has 3 aromatic heterocycles. The Kier molecular flexibility index (Phi) is 7.75. The third kappa shape index (κ3) is 5.48. The van der Waals surface area contributed by atoms with Gasteiger partial charge in [0.1, 0.15) is 5.76 Å². The van der Waals surface area contributed by atoms with E-state index in [4.69, 9.17) is 14.0 Å². The molecule has 31 heavy (non-hydrogen) atoms. The molecule has 0 atom stereocenters. The minimum Gasteiger partial charge on any atom is -0.380 e. The molecule has 1 N–H and O–H groups in total. The van der Waals surface area contributed by atoms with E-state index in [0.717, 1.165) is 23.2 Å². The summed E-state index contributed by atoms with van der Waals surface area (Å²) in [6.07, 6.45) is 2.78. The van der Waals surface area contributed by atoms with Gasteiger partial charge in [-0.05, 0) is 40.2 Å². The van der Waals surface area contributed by atoms with Crippen LogP contribution in [0.25, 0.3) is 22.3 Å². The van der Waals surface area contributed by atoms with Crippen LogP contribution >= 0.6 is 0 Å². The van der Waals surface area contributed by atoms with Crippen LogP contribution in [-0.2, 0) is 16.0 Å². The van der Waals surface area contributed by atoms with Gasteiger partial charge in [0, 0.05) is 37.0 Å². The van der Waals surface area contributed by atoms with Gasteiger partial charge in [0.25, 0.3) is 5.56 Å². The molecule has 0 amide bonds. The highest BCUT2D eigenvalue weighted by Crippen LogP contribution is 2.28. The van der Waals surface area contributed by atoms with Crippen molar-refractivity contribution in [3.8, 4) is 11.1 Å². The van der Waals surface area contributed by atoms with Crippen LogP contribution in [0.1, 0.15) is 38.6 Å². The standard InChI is InChI=1S/C22H31N5O4/c1-6-9-29-11-8-27-18-12-17(19-15(4)26-31-16(19)5)13-24-20(18)25-21(22(27)28)23-7-10-30-14(2)3/h12-14H,6-11H2,1-5H3,(H,23,24,25). The zero-order valence-electron chi connectivity index (χ0n) is 18.9. The van der Waals surface area contributed by atoms with Crippen LogP contribution in [-0.4, -0.2) is 52.2 Å². The number of nitrogens with zero attached hydrogens (tertiary/aromatic N) is 4. The van der Waals surface area contributed by atoms with Crippen LogP contribution < -0.4 is 10.9 Å². The fourth-order valence-electron chi connectivity index (χ4n) is 3.36. The molecule has 0 saturated carbocycles. The fourth-order valence-corrected chi connectivity index (χ4v) is 3.36. The number of ether oxygens (including phenoxy) is 2. The molecule has 3 heterocycles. The molecular formula is C22H31N5O4. The first kappa shape index (κ1) is 22.9. The van der Waals surface area contributed by atoms with E-state index in [-0.39, 0.29) is 17.5 Å². The highest BCUT2D eigenvalue weighted by molar-refractivity contribution is 5.80. The summed E-state index contributed by atoms with van der Waals surface area (Å²) in [6.45, 7) is 12.2. The predicted octanol–water partition coefficient (Wildman–Crippen LogP) is 3.33. The summed E-state index contributed by atoms with van der Waals surface area (Å²) in [5.74, 6) is 0.961. The summed E-state index contributed by atoms with van der Waals surface area (Å²) in [5.41, 5.74) is 3.40. The summed E-state index contributed by atoms with van der Waals surface area (Å²) in [5, 5.41) is 7.11. The highest BCUT2D eigenvalue weighted by Gasteiger charge is 2.16. The molecule has 168 valence electrons. The molecule has 0 saturated heterocycles. The van der Waals surface area contributed by atoms with Gasteiger partial charge >= 0.3 is 0 Å². The lowest BCUT2D eigenvalue weighted by atomic mass is 10.1. The van der Waals surface area contributed by atoms with Crippen LogP contribution in [0.15, 0.2) is 21.6 Å². The summed E-state index contributed by atoms with van der Waals surface area (Å²) in [4.78, 5) is 22.2. The van der Waals surface area contributed by atoms with Gasteiger partial charge in [-0.1, -0.05) is 12.1 Å². The lowest BCUT2D eigenvalue weighted by Crippen LogP contribution is -2.28. The van der Waals surface area contributed by atoms with Crippen LogP contribution in [0, 0.1) is 13.8 Å². The third-order valence-electron chi connectivity index (χ3n) is 4.78. The Balaban J connectivity index is 1.99. The molecular weight excluding hydrogens is 398 g/mol. The quantitative estimate of drug-likeness (QED) is 0.463. The highest BCUT2D eigenvalue weighted by atomic mass is 16.5. The Labute approximate surface area is 181 Å². The second-order valence-electron chi connectivity index (χ2n) is 7.64. The molecule has 0 aromatic carbocycles. The fraction of sp³-hybridized carbons (Fsp3) is 0.545. The first-order chi connectivity index (χ1) is 14.9. The molecule has 0 radical (unpaired) electrons. The Morgan fingerprint density at radius 1 is 1.23 bits per heavy atom. The number of anilines is 1. The van der Waals surface area contributed by atoms with Gasteiger partial charge in [-0.25, -0.2) is 9.97 Å². The van der Waals surface area contributed by atoms with Gasteiger partial charge in [-0.2, -0.15) is 0 Å². The number of pyridine rings is 1. The molecule has 9 nitrogen and oxygen atoms in total. The molecule has 0 fully saturated rings. The van der Waals surface area contributed by atoms with E-state index in [2.05, 4.69) is 27.4 Å². The maximum absolute atomic E-state index is 13.2. The molecule has 0 unspecified atom stereocenters. The predicted molar refractivity (Wildman–Crippen MR) is 119 cm³/mol. The van der Waals surface area contributed by atoms with E-state index in [9.17, 15) is 4.79 Å². The van der Waals surface area contributed by atoms with Crippen LogP contribution in [0.3, 0.4) is 0 Å². The van der Waals surface area contributed by atoms with E-state index >= 15 is 0 Å². The zero-order chi connectivity index (χ0) is 22.4. The maximum Gasteiger partial charge on any atom is 0.293 e. The molecule has 3 rings (SSSR count). The SMILES string of the molecule is CCCOCCn1c(=O)c(NCCOC(C)C)nc2ncc(-c3c(C)noc3C)cc21. The van der Waals surface area contributed by atoms with Crippen molar-refractivity contribution in [1.29, 1.82) is 0 Å². The Morgan fingerprint density at radius 2 is 2.03 bits per heavy atom. The summed E-state index contributed by atoms with van der Waals surface area (Å²) >= 11 is 0. The van der Waals surface area contributed by atoms with Gasteiger partial charge in [-0.15, -0.1) is 0 Å². The van der Waals surface area contributed by atoms with E-state index < -0.39 is 0 Å². The second kappa shape index (κ2) is 10.5. The lowest BCUT2D eigenvalue weighted by Gasteiger charge is -2.14. The van der Waals surface area contributed by atoms with Crippen molar-refractivity contribution in [2.24, 2.45) is 0 Å². The van der Waals surface area contributed by atoms with E-state index in [0.29, 0.717) is 49.8 Å². The number of hydrogen-bond acceptors (Lipinski definition) is 8. The van der Waals surface area contributed by atoms with Gasteiger partial charge in [0.2, 0.25) is 0 Å². The number of rotatable bonds is 11. The van der Waals surface area contributed by atoms with Crippen molar-refractivity contribution in [2.75, 3.05) is 31.7 Å². The Hall–Kier alpha value is -2.78.